The van der Waals surface area contributed by atoms with Crippen LogP contribution in [-0.2, 0) is 17.6 Å². The molecule has 130 valence electrons. The maximum Gasteiger partial charge on any atom is 0.234 e. The summed E-state index contributed by atoms with van der Waals surface area (Å²) in [7, 11) is 1.69. The molecule has 2 aromatic rings. The summed E-state index contributed by atoms with van der Waals surface area (Å²) >= 11 is 0. The number of amides is 1. The summed E-state index contributed by atoms with van der Waals surface area (Å²) in [5.41, 5.74) is 6.07. The molecule has 3 heteroatoms. The Bertz CT molecular complexity index is 812. The van der Waals surface area contributed by atoms with Crippen LogP contribution in [0.15, 0.2) is 36.4 Å². The van der Waals surface area contributed by atoms with Crippen LogP contribution in [0, 0.1) is 6.92 Å². The maximum atomic E-state index is 13.5. The molecule has 1 heterocycles. The van der Waals surface area contributed by atoms with Crippen molar-refractivity contribution in [3.05, 3.63) is 58.7 Å². The zero-order valence-corrected chi connectivity index (χ0v) is 15.0. The summed E-state index contributed by atoms with van der Waals surface area (Å²) in [6.45, 7) is 2.91. The number of ether oxygens (including phenoxy) is 1. The van der Waals surface area contributed by atoms with Gasteiger partial charge in [0.2, 0.25) is 5.91 Å². The van der Waals surface area contributed by atoms with Crippen molar-refractivity contribution in [3.8, 4) is 5.75 Å². The van der Waals surface area contributed by atoms with Crippen molar-refractivity contribution < 1.29 is 9.53 Å². The third kappa shape index (κ3) is 2.72. The van der Waals surface area contributed by atoms with Crippen LogP contribution >= 0.6 is 0 Å². The number of anilines is 1. The van der Waals surface area contributed by atoms with Crippen LogP contribution in [-0.4, -0.2) is 19.6 Å². The van der Waals surface area contributed by atoms with Gasteiger partial charge >= 0.3 is 0 Å². The average Bonchev–Trinajstić information content (AvgIpc) is 2.67. The Morgan fingerprint density at radius 3 is 2.80 bits per heavy atom. The molecule has 1 amide bonds. The van der Waals surface area contributed by atoms with E-state index in [9.17, 15) is 4.79 Å². The van der Waals surface area contributed by atoms with Gasteiger partial charge in [0.15, 0.2) is 0 Å². The van der Waals surface area contributed by atoms with E-state index in [4.69, 9.17) is 4.74 Å². The minimum Gasteiger partial charge on any atom is -0.495 e. The van der Waals surface area contributed by atoms with Crippen molar-refractivity contribution >= 4 is 11.6 Å². The lowest BCUT2D eigenvalue weighted by Gasteiger charge is -2.36. The van der Waals surface area contributed by atoms with Crippen molar-refractivity contribution in [2.75, 3.05) is 18.6 Å². The van der Waals surface area contributed by atoms with Crippen LogP contribution in [0.4, 0.5) is 5.69 Å². The highest BCUT2D eigenvalue weighted by molar-refractivity contribution is 6.01. The zero-order valence-electron chi connectivity index (χ0n) is 15.0. The topological polar surface area (TPSA) is 29.5 Å². The molecule has 25 heavy (non-hydrogen) atoms. The van der Waals surface area contributed by atoms with Crippen LogP contribution < -0.4 is 9.64 Å². The number of carbonyl (C=O) groups excluding carboxylic acids is 1. The molecule has 2 aromatic carbocycles. The van der Waals surface area contributed by atoms with E-state index in [1.807, 2.05) is 11.0 Å². The number of nitrogens with zero attached hydrogens (tertiary/aromatic N) is 1. The molecular weight excluding hydrogens is 310 g/mol. The summed E-state index contributed by atoms with van der Waals surface area (Å²) in [6.07, 6.45) is 5.14. The van der Waals surface area contributed by atoms with Gasteiger partial charge in [0, 0.05) is 6.54 Å². The molecule has 0 radical (unpaired) electrons. The van der Waals surface area contributed by atoms with Gasteiger partial charge in [-0.25, -0.2) is 0 Å². The molecule has 1 unspecified atom stereocenters. The van der Waals surface area contributed by atoms with E-state index in [1.54, 1.807) is 7.11 Å². The first-order chi connectivity index (χ1) is 12.2. The van der Waals surface area contributed by atoms with Crippen LogP contribution in [0.25, 0.3) is 0 Å². The fourth-order valence-electron chi connectivity index (χ4n) is 4.44. The molecule has 0 bridgehead atoms. The second-order valence-corrected chi connectivity index (χ2v) is 7.15. The molecule has 0 saturated heterocycles. The lowest BCUT2D eigenvalue weighted by molar-refractivity contribution is -0.120. The Kier molecular flexibility index (Phi) is 4.24. The number of rotatable bonds is 2. The first kappa shape index (κ1) is 16.2. The van der Waals surface area contributed by atoms with Crippen molar-refractivity contribution in [1.29, 1.82) is 0 Å². The molecule has 1 aliphatic carbocycles. The molecule has 1 aliphatic heterocycles. The van der Waals surface area contributed by atoms with Gasteiger partial charge in [0.1, 0.15) is 5.75 Å². The highest BCUT2D eigenvalue weighted by atomic mass is 16.5. The predicted molar refractivity (Wildman–Crippen MR) is 101 cm³/mol. The van der Waals surface area contributed by atoms with Crippen LogP contribution in [0.1, 0.15) is 47.4 Å². The minimum atomic E-state index is -0.0267. The Hall–Kier alpha value is -2.29. The predicted octanol–water partition coefficient (Wildman–Crippen LogP) is 4.40. The quantitative estimate of drug-likeness (QED) is 0.814. The first-order valence-electron chi connectivity index (χ1n) is 9.26. The fraction of sp³-hybridized carbons (Fsp3) is 0.409. The SMILES string of the molecule is COc1ccc(C)c2c1N(C(=O)C1CCCc3ccccc31)CCC2. The van der Waals surface area contributed by atoms with Crippen molar-refractivity contribution in [2.24, 2.45) is 0 Å². The molecule has 0 saturated carbocycles. The van der Waals surface area contributed by atoms with E-state index in [0.29, 0.717) is 0 Å². The highest BCUT2D eigenvalue weighted by Gasteiger charge is 2.34. The van der Waals surface area contributed by atoms with Crippen LogP contribution in [0.3, 0.4) is 0 Å². The molecule has 0 fully saturated rings. The molecule has 2 aliphatic rings. The summed E-state index contributed by atoms with van der Waals surface area (Å²) in [4.78, 5) is 15.5. The Morgan fingerprint density at radius 1 is 1.12 bits per heavy atom. The largest absolute Gasteiger partial charge is 0.495 e. The first-order valence-corrected chi connectivity index (χ1v) is 9.26. The summed E-state index contributed by atoms with van der Waals surface area (Å²) in [6, 6.07) is 12.5. The Labute approximate surface area is 149 Å². The normalized spacial score (nSPS) is 19.1. The molecule has 0 aromatic heterocycles. The number of hydrogen-bond acceptors (Lipinski definition) is 2. The third-order valence-electron chi connectivity index (χ3n) is 5.71. The maximum absolute atomic E-state index is 13.5. The summed E-state index contributed by atoms with van der Waals surface area (Å²) < 4.78 is 5.61. The Morgan fingerprint density at radius 2 is 1.96 bits per heavy atom. The molecule has 3 nitrogen and oxygen atoms in total. The molecule has 1 atom stereocenters. The van der Waals surface area contributed by atoms with E-state index in [2.05, 4.69) is 37.3 Å². The van der Waals surface area contributed by atoms with Crippen molar-refractivity contribution in [2.45, 2.75) is 44.9 Å². The van der Waals surface area contributed by atoms with Crippen LogP contribution in [0.5, 0.6) is 5.75 Å². The second-order valence-electron chi connectivity index (χ2n) is 7.15. The molecule has 0 spiro atoms. The van der Waals surface area contributed by atoms with Gasteiger partial charge in [-0.3, -0.25) is 4.79 Å². The van der Waals surface area contributed by atoms with E-state index in [1.165, 1.54) is 22.3 Å². The summed E-state index contributed by atoms with van der Waals surface area (Å²) in [5.74, 6) is 1.02. The van der Waals surface area contributed by atoms with Crippen LogP contribution in [0.2, 0.25) is 0 Å². The zero-order chi connectivity index (χ0) is 17.4. The minimum absolute atomic E-state index is 0.0267. The standard InChI is InChI=1S/C22H25NO2/c1-15-12-13-20(25-2)21-17(15)11-6-14-23(21)22(24)19-10-5-8-16-7-3-4-9-18(16)19/h3-4,7,9,12-13,19H,5-6,8,10-11,14H2,1-2H3. The number of methoxy groups -OCH3 is 1. The van der Waals surface area contributed by atoms with Gasteiger partial charge in [-0.1, -0.05) is 30.3 Å². The van der Waals surface area contributed by atoms with E-state index in [-0.39, 0.29) is 11.8 Å². The number of fused-ring (bicyclic) bond motifs is 2. The lowest BCUT2D eigenvalue weighted by Crippen LogP contribution is -2.40. The summed E-state index contributed by atoms with van der Waals surface area (Å²) in [5, 5.41) is 0. The molecule has 0 N–H and O–H groups in total. The lowest BCUT2D eigenvalue weighted by atomic mass is 9.81. The van der Waals surface area contributed by atoms with E-state index < -0.39 is 0 Å². The van der Waals surface area contributed by atoms with Crippen molar-refractivity contribution in [3.63, 3.8) is 0 Å². The van der Waals surface area contributed by atoms with Gasteiger partial charge in [-0.05, 0) is 67.3 Å². The van der Waals surface area contributed by atoms with Gasteiger partial charge in [0.25, 0.3) is 0 Å². The number of benzene rings is 2. The number of carbonyl (C=O) groups is 1. The van der Waals surface area contributed by atoms with E-state index >= 15 is 0 Å². The average molecular weight is 335 g/mol. The van der Waals surface area contributed by atoms with Gasteiger partial charge < -0.3 is 9.64 Å². The number of hydrogen-bond donors (Lipinski definition) is 0. The smallest absolute Gasteiger partial charge is 0.234 e. The van der Waals surface area contributed by atoms with Gasteiger partial charge in [-0.15, -0.1) is 0 Å². The van der Waals surface area contributed by atoms with E-state index in [0.717, 1.165) is 50.1 Å². The molecular formula is C22H25NO2. The monoisotopic (exact) mass is 335 g/mol. The molecule has 4 rings (SSSR count). The third-order valence-corrected chi connectivity index (χ3v) is 5.71. The fourth-order valence-corrected chi connectivity index (χ4v) is 4.44. The van der Waals surface area contributed by atoms with Gasteiger partial charge in [-0.2, -0.15) is 0 Å². The highest BCUT2D eigenvalue weighted by Crippen LogP contribution is 2.41. The second kappa shape index (κ2) is 6.55. The number of aryl methyl sites for hydroxylation is 2. The van der Waals surface area contributed by atoms with Crippen molar-refractivity contribution in [1.82, 2.24) is 0 Å². The van der Waals surface area contributed by atoms with Gasteiger partial charge in [0.05, 0.1) is 18.7 Å². The Balaban J connectivity index is 1.76.